The van der Waals surface area contributed by atoms with E-state index in [1.54, 1.807) is 12.1 Å². The highest BCUT2D eigenvalue weighted by atomic mass is 19.1. The molecule has 1 saturated heterocycles. The molecule has 0 aromatic heterocycles. The minimum atomic E-state index is -0.257. The molecule has 17 heavy (non-hydrogen) atoms. The first-order valence-corrected chi connectivity index (χ1v) is 5.76. The first-order valence-electron chi connectivity index (χ1n) is 5.76. The summed E-state index contributed by atoms with van der Waals surface area (Å²) in [4.78, 5) is 11.7. The Morgan fingerprint density at radius 3 is 2.76 bits per heavy atom. The van der Waals surface area contributed by atoms with Gasteiger partial charge < -0.3 is 10.1 Å². The molecule has 0 unspecified atom stereocenters. The van der Waals surface area contributed by atoms with E-state index in [0.29, 0.717) is 0 Å². The highest BCUT2D eigenvalue weighted by molar-refractivity contribution is 5.73. The average molecular weight is 237 g/mol. The number of hydrogen-bond donors (Lipinski definition) is 1. The summed E-state index contributed by atoms with van der Waals surface area (Å²) in [5.74, 6) is -0.503. The molecule has 1 fully saturated rings. The first-order chi connectivity index (χ1) is 8.22. The zero-order valence-corrected chi connectivity index (χ0v) is 9.78. The van der Waals surface area contributed by atoms with Crippen molar-refractivity contribution in [3.63, 3.8) is 0 Å². The Bertz CT molecular complexity index is 391. The topological polar surface area (TPSA) is 38.3 Å². The van der Waals surface area contributed by atoms with Crippen molar-refractivity contribution in [2.45, 2.75) is 12.3 Å². The molecule has 1 aliphatic rings. The lowest BCUT2D eigenvalue weighted by Crippen LogP contribution is -2.39. The number of nitrogens with one attached hydrogen (secondary N) is 1. The normalized spacial score (nSPS) is 24.4. The van der Waals surface area contributed by atoms with Gasteiger partial charge in [-0.15, -0.1) is 0 Å². The van der Waals surface area contributed by atoms with Crippen molar-refractivity contribution in [3.05, 3.63) is 35.6 Å². The zero-order chi connectivity index (χ0) is 12.3. The Morgan fingerprint density at radius 2 is 2.12 bits per heavy atom. The van der Waals surface area contributed by atoms with Gasteiger partial charge in [0.2, 0.25) is 0 Å². The molecule has 0 aliphatic carbocycles. The Morgan fingerprint density at radius 1 is 1.41 bits per heavy atom. The molecular weight excluding hydrogens is 221 g/mol. The summed E-state index contributed by atoms with van der Waals surface area (Å²) in [6.45, 7) is 1.54. The lowest BCUT2D eigenvalue weighted by molar-refractivity contribution is -0.147. The number of halogens is 1. The van der Waals surface area contributed by atoms with Crippen LogP contribution in [0.3, 0.4) is 0 Å². The van der Waals surface area contributed by atoms with Crippen molar-refractivity contribution in [3.8, 4) is 0 Å². The highest BCUT2D eigenvalue weighted by Gasteiger charge is 2.32. The van der Waals surface area contributed by atoms with Crippen LogP contribution in [-0.2, 0) is 9.53 Å². The number of carbonyl (C=O) groups excluding carboxylic acids is 1. The Hall–Kier alpha value is -1.42. The SMILES string of the molecule is COC(=O)[C@@H]1CCNC[C@H]1c1ccc(F)cc1. The van der Waals surface area contributed by atoms with Gasteiger partial charge in [-0.1, -0.05) is 12.1 Å². The highest BCUT2D eigenvalue weighted by Crippen LogP contribution is 2.30. The van der Waals surface area contributed by atoms with Crippen LogP contribution in [0.5, 0.6) is 0 Å². The van der Waals surface area contributed by atoms with Gasteiger partial charge in [0.1, 0.15) is 5.82 Å². The molecule has 3 nitrogen and oxygen atoms in total. The second-order valence-corrected chi connectivity index (χ2v) is 4.28. The molecule has 2 rings (SSSR count). The summed E-state index contributed by atoms with van der Waals surface area (Å²) < 4.78 is 17.7. The molecule has 0 radical (unpaired) electrons. The number of benzene rings is 1. The van der Waals surface area contributed by atoms with Crippen LogP contribution in [0.1, 0.15) is 17.9 Å². The van der Waals surface area contributed by atoms with E-state index < -0.39 is 0 Å². The van der Waals surface area contributed by atoms with Crippen molar-refractivity contribution < 1.29 is 13.9 Å². The lowest BCUT2D eigenvalue weighted by Gasteiger charge is -2.30. The fraction of sp³-hybridized carbons (Fsp3) is 0.462. The van der Waals surface area contributed by atoms with Crippen molar-refractivity contribution >= 4 is 5.97 Å². The van der Waals surface area contributed by atoms with Gasteiger partial charge >= 0.3 is 5.97 Å². The van der Waals surface area contributed by atoms with E-state index in [4.69, 9.17) is 4.74 Å². The van der Waals surface area contributed by atoms with Crippen LogP contribution >= 0.6 is 0 Å². The second kappa shape index (κ2) is 5.27. The molecular formula is C13H16FNO2. The van der Waals surface area contributed by atoms with Crippen LogP contribution in [-0.4, -0.2) is 26.2 Å². The molecule has 92 valence electrons. The van der Waals surface area contributed by atoms with E-state index in [0.717, 1.165) is 25.1 Å². The lowest BCUT2D eigenvalue weighted by atomic mass is 9.81. The number of methoxy groups -OCH3 is 1. The molecule has 0 saturated carbocycles. The summed E-state index contributed by atoms with van der Waals surface area (Å²) in [7, 11) is 1.41. The van der Waals surface area contributed by atoms with Crippen LogP contribution in [0, 0.1) is 11.7 Å². The summed E-state index contributed by atoms with van der Waals surface area (Å²) in [6, 6.07) is 6.34. The minimum Gasteiger partial charge on any atom is -0.469 e. The van der Waals surface area contributed by atoms with E-state index in [2.05, 4.69) is 5.32 Å². The maximum Gasteiger partial charge on any atom is 0.309 e. The number of esters is 1. The van der Waals surface area contributed by atoms with Gasteiger partial charge in [-0.3, -0.25) is 4.79 Å². The Kier molecular flexibility index (Phi) is 3.74. The smallest absolute Gasteiger partial charge is 0.309 e. The van der Waals surface area contributed by atoms with E-state index in [1.165, 1.54) is 19.2 Å². The molecule has 4 heteroatoms. The van der Waals surface area contributed by atoms with E-state index in [-0.39, 0.29) is 23.6 Å². The zero-order valence-electron chi connectivity index (χ0n) is 9.78. The van der Waals surface area contributed by atoms with Gasteiger partial charge in [0.15, 0.2) is 0 Å². The van der Waals surface area contributed by atoms with Crippen LogP contribution in [0.2, 0.25) is 0 Å². The van der Waals surface area contributed by atoms with E-state index in [9.17, 15) is 9.18 Å². The van der Waals surface area contributed by atoms with Gasteiger partial charge in [-0.05, 0) is 30.7 Å². The maximum atomic E-state index is 12.9. The van der Waals surface area contributed by atoms with Crippen molar-refractivity contribution in [2.24, 2.45) is 5.92 Å². The number of hydrogen-bond acceptors (Lipinski definition) is 3. The van der Waals surface area contributed by atoms with Crippen molar-refractivity contribution in [1.82, 2.24) is 5.32 Å². The molecule has 2 atom stereocenters. The number of ether oxygens (including phenoxy) is 1. The average Bonchev–Trinajstić information content (AvgIpc) is 2.39. The third kappa shape index (κ3) is 2.64. The fourth-order valence-corrected chi connectivity index (χ4v) is 2.35. The van der Waals surface area contributed by atoms with Crippen LogP contribution < -0.4 is 5.32 Å². The van der Waals surface area contributed by atoms with Gasteiger partial charge in [0.05, 0.1) is 13.0 Å². The number of carbonyl (C=O) groups is 1. The molecule has 1 aliphatic heterocycles. The predicted octanol–water partition coefficient (Wildman–Crippen LogP) is 1.69. The Labute approximate surface area is 100.0 Å². The predicted molar refractivity (Wildman–Crippen MR) is 62.1 cm³/mol. The molecule has 1 aromatic carbocycles. The van der Waals surface area contributed by atoms with Crippen LogP contribution in [0.15, 0.2) is 24.3 Å². The molecule has 1 N–H and O–H groups in total. The first kappa shape index (κ1) is 12.0. The molecule has 1 heterocycles. The molecule has 0 spiro atoms. The van der Waals surface area contributed by atoms with Gasteiger partial charge in [-0.25, -0.2) is 4.39 Å². The summed E-state index contributed by atoms with van der Waals surface area (Å²) in [5, 5.41) is 3.26. The van der Waals surface area contributed by atoms with Crippen molar-refractivity contribution in [1.29, 1.82) is 0 Å². The van der Waals surface area contributed by atoms with Crippen LogP contribution in [0.4, 0.5) is 4.39 Å². The largest absolute Gasteiger partial charge is 0.469 e. The number of rotatable bonds is 2. The fourth-order valence-electron chi connectivity index (χ4n) is 2.35. The summed E-state index contributed by atoms with van der Waals surface area (Å²) in [5.41, 5.74) is 0.981. The quantitative estimate of drug-likeness (QED) is 0.795. The summed E-state index contributed by atoms with van der Waals surface area (Å²) >= 11 is 0. The number of piperidine rings is 1. The van der Waals surface area contributed by atoms with E-state index in [1.807, 2.05) is 0 Å². The van der Waals surface area contributed by atoms with Crippen LogP contribution in [0.25, 0.3) is 0 Å². The van der Waals surface area contributed by atoms with Gasteiger partial charge in [0.25, 0.3) is 0 Å². The van der Waals surface area contributed by atoms with Gasteiger partial charge in [-0.2, -0.15) is 0 Å². The molecule has 0 bridgehead atoms. The van der Waals surface area contributed by atoms with Gasteiger partial charge in [0, 0.05) is 12.5 Å². The third-order valence-corrected chi connectivity index (χ3v) is 3.28. The third-order valence-electron chi connectivity index (χ3n) is 3.28. The molecule has 0 amide bonds. The standard InChI is InChI=1S/C13H16FNO2/c1-17-13(16)11-6-7-15-8-12(11)9-2-4-10(14)5-3-9/h2-5,11-12,15H,6-8H2,1H3/t11-,12+/m1/s1. The summed E-state index contributed by atoms with van der Waals surface area (Å²) in [6.07, 6.45) is 0.759. The second-order valence-electron chi connectivity index (χ2n) is 4.28. The van der Waals surface area contributed by atoms with Crippen molar-refractivity contribution in [2.75, 3.05) is 20.2 Å². The maximum absolute atomic E-state index is 12.9. The Balaban J connectivity index is 2.21. The minimum absolute atomic E-state index is 0.0665. The monoisotopic (exact) mass is 237 g/mol. The molecule has 1 aromatic rings. The van der Waals surface area contributed by atoms with E-state index >= 15 is 0 Å².